The number of carbonyl (C=O) groups is 1. The fourth-order valence-corrected chi connectivity index (χ4v) is 3.73. The van der Waals surface area contributed by atoms with Gasteiger partial charge in [0, 0.05) is 32.7 Å². The Morgan fingerprint density at radius 2 is 1.77 bits per heavy atom. The quantitative estimate of drug-likeness (QED) is 0.593. The summed E-state index contributed by atoms with van der Waals surface area (Å²) < 4.78 is 11.1. The maximum Gasteiger partial charge on any atom is 0.276 e. The molecule has 1 fully saturated rings. The van der Waals surface area contributed by atoms with Crippen LogP contribution in [-0.4, -0.2) is 47.0 Å². The highest BCUT2D eigenvalue weighted by molar-refractivity contribution is 6.32. The van der Waals surface area contributed by atoms with Crippen LogP contribution in [0.5, 0.6) is 5.75 Å². The highest BCUT2D eigenvalue weighted by atomic mass is 35.5. The van der Waals surface area contributed by atoms with Gasteiger partial charge in [-0.3, -0.25) is 9.69 Å². The Balaban J connectivity index is 1.38. The Bertz CT molecular complexity index is 998. The maximum absolute atomic E-state index is 13.1. The molecule has 6 nitrogen and oxygen atoms in total. The van der Waals surface area contributed by atoms with E-state index in [1.807, 2.05) is 35.2 Å². The zero-order valence-electron chi connectivity index (χ0n) is 16.9. The van der Waals surface area contributed by atoms with Crippen LogP contribution in [0.4, 0.5) is 0 Å². The minimum atomic E-state index is -0.121. The number of hydrogen-bond acceptors (Lipinski definition) is 5. The lowest BCUT2D eigenvalue weighted by molar-refractivity contribution is 0.0616. The van der Waals surface area contributed by atoms with Crippen molar-refractivity contribution in [1.82, 2.24) is 15.0 Å². The fourth-order valence-electron chi connectivity index (χ4n) is 3.54. The fraction of sp³-hybridized carbons (Fsp3) is 0.304. The third kappa shape index (κ3) is 4.66. The first-order valence-electron chi connectivity index (χ1n) is 10.00. The van der Waals surface area contributed by atoms with Gasteiger partial charge in [-0.25, -0.2) is 0 Å². The molecule has 4 rings (SSSR count). The molecule has 0 radical (unpaired) electrons. The molecule has 1 saturated heterocycles. The first kappa shape index (κ1) is 20.4. The molecule has 1 amide bonds. The van der Waals surface area contributed by atoms with Gasteiger partial charge >= 0.3 is 0 Å². The number of amides is 1. The van der Waals surface area contributed by atoms with E-state index in [2.05, 4.69) is 22.2 Å². The summed E-state index contributed by atoms with van der Waals surface area (Å²) in [7, 11) is 0. The third-order valence-corrected chi connectivity index (χ3v) is 5.62. The van der Waals surface area contributed by atoms with Gasteiger partial charge in [0.2, 0.25) is 0 Å². The van der Waals surface area contributed by atoms with E-state index in [-0.39, 0.29) is 12.5 Å². The Morgan fingerprint density at radius 3 is 2.50 bits per heavy atom. The average molecular weight is 426 g/mol. The number of nitrogens with zero attached hydrogens (tertiary/aromatic N) is 3. The zero-order chi connectivity index (χ0) is 20.9. The van der Waals surface area contributed by atoms with Crippen LogP contribution in [0, 0.1) is 6.92 Å². The van der Waals surface area contributed by atoms with Gasteiger partial charge in [-0.05, 0) is 24.6 Å². The van der Waals surface area contributed by atoms with Crippen LogP contribution >= 0.6 is 11.6 Å². The van der Waals surface area contributed by atoms with E-state index in [1.54, 1.807) is 19.1 Å². The highest BCUT2D eigenvalue weighted by Gasteiger charge is 2.28. The molecular weight excluding hydrogens is 402 g/mol. The first-order chi connectivity index (χ1) is 14.6. The SMILES string of the molecule is Cc1onc(C(=O)N2CCN(Cc3ccccc3)CC2)c1COc1ccccc1Cl. The standard InChI is InChI=1S/C23H24ClN3O3/c1-17-19(16-29-21-10-6-5-9-20(21)24)22(25-30-17)23(28)27-13-11-26(12-14-27)15-18-7-3-2-4-8-18/h2-10H,11-16H2,1H3. The number of halogens is 1. The molecule has 0 bridgehead atoms. The molecule has 0 atom stereocenters. The monoisotopic (exact) mass is 425 g/mol. The molecule has 156 valence electrons. The predicted molar refractivity (Wildman–Crippen MR) is 115 cm³/mol. The van der Waals surface area contributed by atoms with Crippen LogP contribution in [0.3, 0.4) is 0 Å². The molecule has 1 aliphatic rings. The molecule has 7 heteroatoms. The van der Waals surface area contributed by atoms with Gasteiger partial charge in [0.15, 0.2) is 5.69 Å². The number of aromatic nitrogens is 1. The number of piperazine rings is 1. The summed E-state index contributed by atoms with van der Waals surface area (Å²) >= 11 is 6.16. The third-order valence-electron chi connectivity index (χ3n) is 5.30. The summed E-state index contributed by atoms with van der Waals surface area (Å²) in [5.41, 5.74) is 2.26. The Hall–Kier alpha value is -2.83. The van der Waals surface area contributed by atoms with Crippen molar-refractivity contribution in [2.75, 3.05) is 26.2 Å². The van der Waals surface area contributed by atoms with E-state index < -0.39 is 0 Å². The molecule has 30 heavy (non-hydrogen) atoms. The van der Waals surface area contributed by atoms with Crippen LogP contribution in [0.25, 0.3) is 0 Å². The minimum absolute atomic E-state index is 0.121. The van der Waals surface area contributed by atoms with Gasteiger partial charge < -0.3 is 14.2 Å². The van der Waals surface area contributed by atoms with Crippen molar-refractivity contribution >= 4 is 17.5 Å². The highest BCUT2D eigenvalue weighted by Crippen LogP contribution is 2.26. The van der Waals surface area contributed by atoms with E-state index in [0.29, 0.717) is 40.9 Å². The molecule has 1 aliphatic heterocycles. The van der Waals surface area contributed by atoms with E-state index >= 15 is 0 Å². The number of rotatable bonds is 6. The topological polar surface area (TPSA) is 58.8 Å². The molecule has 0 saturated carbocycles. The van der Waals surface area contributed by atoms with Crippen LogP contribution in [0.1, 0.15) is 27.4 Å². The van der Waals surface area contributed by atoms with Crippen LogP contribution in [-0.2, 0) is 13.2 Å². The van der Waals surface area contributed by atoms with Gasteiger partial charge in [0.05, 0.1) is 10.6 Å². The van der Waals surface area contributed by atoms with Crippen molar-refractivity contribution in [2.24, 2.45) is 0 Å². The summed E-state index contributed by atoms with van der Waals surface area (Å²) in [6.45, 7) is 5.81. The summed E-state index contributed by atoms with van der Waals surface area (Å²) in [4.78, 5) is 17.3. The van der Waals surface area contributed by atoms with Crippen LogP contribution in [0.2, 0.25) is 5.02 Å². The zero-order valence-corrected chi connectivity index (χ0v) is 17.6. The molecule has 2 aromatic carbocycles. The van der Waals surface area contributed by atoms with Crippen LogP contribution in [0.15, 0.2) is 59.1 Å². The second-order valence-corrected chi connectivity index (χ2v) is 7.75. The molecule has 2 heterocycles. The molecule has 3 aromatic rings. The van der Waals surface area contributed by atoms with Gasteiger partial charge in [0.25, 0.3) is 5.91 Å². The Morgan fingerprint density at radius 1 is 1.07 bits per heavy atom. The van der Waals surface area contributed by atoms with Crippen molar-refractivity contribution in [3.63, 3.8) is 0 Å². The van der Waals surface area contributed by atoms with Crippen molar-refractivity contribution < 1.29 is 14.1 Å². The molecular formula is C23H24ClN3O3. The van der Waals surface area contributed by atoms with Crippen molar-refractivity contribution in [2.45, 2.75) is 20.1 Å². The predicted octanol–water partition coefficient (Wildman–Crippen LogP) is 4.17. The summed E-state index contributed by atoms with van der Waals surface area (Å²) in [6, 6.07) is 17.6. The summed E-state index contributed by atoms with van der Waals surface area (Å²) in [5, 5.41) is 4.54. The summed E-state index contributed by atoms with van der Waals surface area (Å²) in [5.74, 6) is 1.02. The molecule has 1 aromatic heterocycles. The van der Waals surface area contributed by atoms with Gasteiger partial charge in [-0.1, -0.05) is 59.2 Å². The van der Waals surface area contributed by atoms with Gasteiger partial charge in [-0.15, -0.1) is 0 Å². The number of ether oxygens (including phenoxy) is 1. The largest absolute Gasteiger partial charge is 0.487 e. The lowest BCUT2D eigenvalue weighted by Crippen LogP contribution is -2.48. The van der Waals surface area contributed by atoms with E-state index in [9.17, 15) is 4.79 Å². The molecule has 0 aliphatic carbocycles. The van der Waals surface area contributed by atoms with E-state index in [0.717, 1.165) is 19.6 Å². The lowest BCUT2D eigenvalue weighted by atomic mass is 10.1. The maximum atomic E-state index is 13.1. The molecule has 0 unspecified atom stereocenters. The molecule has 0 spiro atoms. The Kier molecular flexibility index (Phi) is 6.35. The number of benzene rings is 2. The lowest BCUT2D eigenvalue weighted by Gasteiger charge is -2.34. The minimum Gasteiger partial charge on any atom is -0.487 e. The first-order valence-corrected chi connectivity index (χ1v) is 10.4. The second-order valence-electron chi connectivity index (χ2n) is 7.34. The second kappa shape index (κ2) is 9.32. The smallest absolute Gasteiger partial charge is 0.276 e. The normalized spacial score (nSPS) is 14.7. The van der Waals surface area contributed by atoms with E-state index in [4.69, 9.17) is 20.9 Å². The van der Waals surface area contributed by atoms with Crippen molar-refractivity contribution in [3.05, 3.63) is 82.2 Å². The average Bonchev–Trinajstić information content (AvgIpc) is 3.14. The van der Waals surface area contributed by atoms with E-state index in [1.165, 1.54) is 5.56 Å². The molecule has 0 N–H and O–H groups in total. The number of hydrogen-bond donors (Lipinski definition) is 0. The number of carbonyl (C=O) groups excluding carboxylic acids is 1. The van der Waals surface area contributed by atoms with Crippen LogP contribution < -0.4 is 4.74 Å². The summed E-state index contributed by atoms with van der Waals surface area (Å²) in [6.07, 6.45) is 0. The van der Waals surface area contributed by atoms with Crippen molar-refractivity contribution in [3.8, 4) is 5.75 Å². The van der Waals surface area contributed by atoms with Gasteiger partial charge in [0.1, 0.15) is 18.1 Å². The van der Waals surface area contributed by atoms with Crippen molar-refractivity contribution in [1.29, 1.82) is 0 Å². The number of para-hydroxylation sites is 1. The number of aryl methyl sites for hydroxylation is 1. The van der Waals surface area contributed by atoms with Gasteiger partial charge in [-0.2, -0.15) is 0 Å². The Labute approximate surface area is 181 Å².